The van der Waals surface area contributed by atoms with E-state index < -0.39 is 0 Å². The van der Waals surface area contributed by atoms with Crippen LogP contribution in [-0.2, 0) is 0 Å². The largest absolute Gasteiger partial charge is 0.0847 e. The molecule has 0 bridgehead atoms. The third kappa shape index (κ3) is 4.79. The van der Waals surface area contributed by atoms with Gasteiger partial charge in [-0.15, -0.1) is 0 Å². The number of fused-ring (bicyclic) bond motifs is 1. The molecule has 0 nitrogen and oxygen atoms in total. The molecule has 0 aromatic rings. The minimum atomic E-state index is 0.743. The zero-order valence-corrected chi connectivity index (χ0v) is 14.4. The summed E-state index contributed by atoms with van der Waals surface area (Å²) in [7, 11) is 0. The number of hydrogen-bond donors (Lipinski definition) is 0. The summed E-state index contributed by atoms with van der Waals surface area (Å²) in [6.07, 6.45) is 19.2. The topological polar surface area (TPSA) is 0 Å². The Morgan fingerprint density at radius 2 is 2.10 bits per heavy atom. The van der Waals surface area contributed by atoms with Gasteiger partial charge in [-0.1, -0.05) is 72.8 Å². The van der Waals surface area contributed by atoms with E-state index >= 15 is 0 Å². The molecular weight excluding hydrogens is 308 g/mol. The Morgan fingerprint density at radius 1 is 1.35 bits per heavy atom. The van der Waals surface area contributed by atoms with Crippen molar-refractivity contribution in [2.24, 2.45) is 5.92 Å². The predicted octanol–water partition coefficient (Wildman–Crippen LogP) is 6.65. The van der Waals surface area contributed by atoms with Gasteiger partial charge in [0.1, 0.15) is 0 Å². The average Bonchev–Trinajstić information content (AvgIpc) is 2.49. The zero-order chi connectivity index (χ0) is 15.0. The first-order chi connectivity index (χ1) is 9.70. The first-order valence-electron chi connectivity index (χ1n) is 7.48. The molecule has 20 heavy (non-hydrogen) atoms. The van der Waals surface area contributed by atoms with E-state index in [4.69, 9.17) is 0 Å². The first-order valence-corrected chi connectivity index (χ1v) is 8.27. The third-order valence-corrected chi connectivity index (χ3v) is 3.76. The maximum Gasteiger partial charge on any atom is 0.0103 e. The van der Waals surface area contributed by atoms with Gasteiger partial charge in [0.2, 0.25) is 0 Å². The van der Waals surface area contributed by atoms with E-state index in [9.17, 15) is 0 Å². The molecular formula is C19H25Br. The van der Waals surface area contributed by atoms with Gasteiger partial charge >= 0.3 is 0 Å². The van der Waals surface area contributed by atoms with Crippen molar-refractivity contribution in [3.8, 4) is 0 Å². The van der Waals surface area contributed by atoms with Crippen molar-refractivity contribution in [1.82, 2.24) is 0 Å². The fraction of sp³-hybridized carbons (Fsp3) is 0.368. The molecule has 0 heterocycles. The standard InChI is InChI=1S/C17H19Br.C2H6/c1-3-14(9-8-13(2)18)17-11-10-15-6-4-5-7-16(15)12-17;1-2/h3,5,7-9,11-12,15H,2,4,6,10H2,1H3;1-2H3/b9-8-,14-3+;. The van der Waals surface area contributed by atoms with Crippen molar-refractivity contribution in [2.45, 2.75) is 40.0 Å². The normalized spacial score (nSPS) is 21.6. The van der Waals surface area contributed by atoms with Gasteiger partial charge in [-0.3, -0.25) is 0 Å². The van der Waals surface area contributed by atoms with Crippen LogP contribution in [0.3, 0.4) is 0 Å². The second kappa shape index (κ2) is 8.97. The summed E-state index contributed by atoms with van der Waals surface area (Å²) < 4.78 is 0.904. The number of halogens is 1. The Morgan fingerprint density at radius 3 is 2.75 bits per heavy atom. The molecule has 1 atom stereocenters. The van der Waals surface area contributed by atoms with Crippen LogP contribution in [0.25, 0.3) is 0 Å². The summed E-state index contributed by atoms with van der Waals surface area (Å²) in [6.45, 7) is 9.91. The molecule has 0 aromatic carbocycles. The molecule has 2 aliphatic rings. The second-order valence-electron chi connectivity index (χ2n) is 4.74. The van der Waals surface area contributed by atoms with Crippen molar-refractivity contribution in [2.75, 3.05) is 0 Å². The highest BCUT2D eigenvalue weighted by Gasteiger charge is 2.18. The van der Waals surface area contributed by atoms with Crippen LogP contribution >= 0.6 is 15.9 Å². The third-order valence-electron chi connectivity index (χ3n) is 3.50. The molecule has 1 heteroatoms. The predicted molar refractivity (Wildman–Crippen MR) is 95.0 cm³/mol. The van der Waals surface area contributed by atoms with E-state index in [1.807, 2.05) is 19.9 Å². The van der Waals surface area contributed by atoms with E-state index in [0.717, 1.165) is 10.4 Å². The van der Waals surface area contributed by atoms with Crippen LogP contribution in [0.2, 0.25) is 0 Å². The smallest absolute Gasteiger partial charge is 0.0103 e. The van der Waals surface area contributed by atoms with Gasteiger partial charge in [-0.2, -0.15) is 0 Å². The first kappa shape index (κ1) is 17.0. The lowest BCUT2D eigenvalue weighted by atomic mass is 9.80. The highest BCUT2D eigenvalue weighted by atomic mass is 79.9. The molecule has 0 saturated heterocycles. The lowest BCUT2D eigenvalue weighted by Gasteiger charge is -2.24. The molecule has 0 saturated carbocycles. The Balaban J connectivity index is 0.000000956. The fourth-order valence-electron chi connectivity index (χ4n) is 2.49. The molecule has 0 N–H and O–H groups in total. The fourth-order valence-corrected chi connectivity index (χ4v) is 2.62. The highest BCUT2D eigenvalue weighted by Crippen LogP contribution is 2.34. The quantitative estimate of drug-likeness (QED) is 0.507. The number of allylic oxidation sites excluding steroid dienone is 11. The van der Waals surface area contributed by atoms with Gasteiger partial charge in [0.25, 0.3) is 0 Å². The maximum absolute atomic E-state index is 3.83. The van der Waals surface area contributed by atoms with Gasteiger partial charge in [0, 0.05) is 4.48 Å². The lowest BCUT2D eigenvalue weighted by molar-refractivity contribution is 0.563. The van der Waals surface area contributed by atoms with Crippen LogP contribution < -0.4 is 0 Å². The Bertz CT molecular complexity index is 484. The zero-order valence-electron chi connectivity index (χ0n) is 12.8. The summed E-state index contributed by atoms with van der Waals surface area (Å²) in [4.78, 5) is 0. The monoisotopic (exact) mass is 332 g/mol. The van der Waals surface area contributed by atoms with E-state index in [1.165, 1.54) is 36.0 Å². The molecule has 0 spiro atoms. The minimum Gasteiger partial charge on any atom is -0.0847 e. The summed E-state index contributed by atoms with van der Waals surface area (Å²) in [5, 5.41) is 0. The Labute approximate surface area is 132 Å². The molecule has 0 fully saturated rings. The highest BCUT2D eigenvalue weighted by molar-refractivity contribution is 9.11. The van der Waals surface area contributed by atoms with Crippen LogP contribution in [0.15, 0.2) is 70.3 Å². The SMILES string of the molecule is C=C(Br)/C=C\C(=C/C)C1=CCC2CCC=CC2=C1.CC. The summed E-state index contributed by atoms with van der Waals surface area (Å²) in [6, 6.07) is 0. The number of hydrogen-bond acceptors (Lipinski definition) is 0. The van der Waals surface area contributed by atoms with E-state index in [-0.39, 0.29) is 0 Å². The van der Waals surface area contributed by atoms with Crippen LogP contribution in [0.4, 0.5) is 0 Å². The molecule has 0 aliphatic heterocycles. The van der Waals surface area contributed by atoms with Gasteiger partial charge in [0.15, 0.2) is 0 Å². The van der Waals surface area contributed by atoms with E-state index in [1.54, 1.807) is 0 Å². The van der Waals surface area contributed by atoms with Crippen molar-refractivity contribution in [3.63, 3.8) is 0 Å². The van der Waals surface area contributed by atoms with Crippen molar-refractivity contribution < 1.29 is 0 Å². The van der Waals surface area contributed by atoms with Gasteiger partial charge in [-0.05, 0) is 54.9 Å². The van der Waals surface area contributed by atoms with E-state index in [0.29, 0.717) is 0 Å². The van der Waals surface area contributed by atoms with Gasteiger partial charge < -0.3 is 0 Å². The van der Waals surface area contributed by atoms with Crippen LogP contribution in [0, 0.1) is 5.92 Å². The molecule has 2 aliphatic carbocycles. The van der Waals surface area contributed by atoms with Gasteiger partial charge in [0.05, 0.1) is 0 Å². The van der Waals surface area contributed by atoms with Crippen molar-refractivity contribution in [3.05, 3.63) is 70.3 Å². The lowest BCUT2D eigenvalue weighted by Crippen LogP contribution is -2.09. The Kier molecular flexibility index (Phi) is 7.61. The van der Waals surface area contributed by atoms with Gasteiger partial charge in [-0.25, -0.2) is 0 Å². The molecule has 2 rings (SSSR count). The molecule has 1 unspecified atom stereocenters. The number of rotatable bonds is 3. The van der Waals surface area contributed by atoms with Crippen LogP contribution in [0.5, 0.6) is 0 Å². The minimum absolute atomic E-state index is 0.743. The summed E-state index contributed by atoms with van der Waals surface area (Å²) >= 11 is 3.36. The Hall–Kier alpha value is -1.08. The molecule has 0 amide bonds. The molecule has 0 radical (unpaired) electrons. The van der Waals surface area contributed by atoms with Crippen LogP contribution in [-0.4, -0.2) is 0 Å². The molecule has 0 aromatic heterocycles. The van der Waals surface area contributed by atoms with E-state index in [2.05, 4.69) is 65.9 Å². The van der Waals surface area contributed by atoms with Crippen molar-refractivity contribution in [1.29, 1.82) is 0 Å². The summed E-state index contributed by atoms with van der Waals surface area (Å²) in [5.74, 6) is 0.743. The average molecular weight is 333 g/mol. The van der Waals surface area contributed by atoms with Crippen molar-refractivity contribution >= 4 is 15.9 Å². The summed E-state index contributed by atoms with van der Waals surface area (Å²) in [5.41, 5.74) is 4.09. The second-order valence-corrected chi connectivity index (χ2v) is 5.76. The molecule has 108 valence electrons. The van der Waals surface area contributed by atoms with Crippen LogP contribution in [0.1, 0.15) is 40.0 Å². The maximum atomic E-state index is 3.83.